The second-order valence-corrected chi connectivity index (χ2v) is 8.55. The smallest absolute Gasteiger partial charge is 0.340 e. The van der Waals surface area contributed by atoms with Gasteiger partial charge in [-0.2, -0.15) is 0 Å². The van der Waals surface area contributed by atoms with Crippen molar-refractivity contribution in [2.75, 3.05) is 43.5 Å². The van der Waals surface area contributed by atoms with Gasteiger partial charge in [0.15, 0.2) is 5.11 Å². The number of carbonyl (C=O) groups excluding carboxylic acids is 1. The number of esters is 1. The predicted octanol–water partition coefficient (Wildman–Crippen LogP) is 4.67. The molecule has 0 unspecified atom stereocenters. The molecule has 5 nitrogen and oxygen atoms in total. The summed E-state index contributed by atoms with van der Waals surface area (Å²) in [5, 5.41) is 5.64. The number of rotatable bonds is 3. The first kappa shape index (κ1) is 20.2. The van der Waals surface area contributed by atoms with E-state index in [2.05, 4.69) is 15.1 Å². The number of thiocarbonyl (C=S) groups is 1. The summed E-state index contributed by atoms with van der Waals surface area (Å²) in [6.45, 7) is 5.11. The van der Waals surface area contributed by atoms with E-state index in [0.29, 0.717) is 20.7 Å². The van der Waals surface area contributed by atoms with Crippen LogP contribution in [0.5, 0.6) is 0 Å². The molecule has 0 atom stereocenters. The quantitative estimate of drug-likeness (QED) is 0.549. The van der Waals surface area contributed by atoms with Crippen LogP contribution >= 0.6 is 46.8 Å². The summed E-state index contributed by atoms with van der Waals surface area (Å²) >= 11 is 19.2. The Hall–Kier alpha value is -1.54. The lowest BCUT2D eigenvalue weighted by Crippen LogP contribution is -2.50. The molecule has 3 rings (SSSR count). The van der Waals surface area contributed by atoms with Gasteiger partial charge < -0.3 is 19.9 Å². The molecular weight excluding hydrogens is 425 g/mol. The number of ether oxygens (including phenoxy) is 1. The number of nitrogens with one attached hydrogen (secondary N) is 1. The first-order valence-corrected chi connectivity index (χ1v) is 10.3. The summed E-state index contributed by atoms with van der Waals surface area (Å²) in [5.41, 5.74) is 1.56. The number of piperazine rings is 1. The molecule has 0 amide bonds. The predicted molar refractivity (Wildman–Crippen MR) is 117 cm³/mol. The molecule has 1 aromatic carbocycles. The molecule has 0 bridgehead atoms. The monoisotopic (exact) mass is 443 g/mol. The number of benzene rings is 1. The number of halogens is 2. The molecule has 0 aliphatic carbocycles. The largest absolute Gasteiger partial charge is 0.465 e. The minimum atomic E-state index is -0.367. The van der Waals surface area contributed by atoms with Crippen LogP contribution in [0, 0.1) is 6.92 Å². The van der Waals surface area contributed by atoms with E-state index in [1.165, 1.54) is 18.4 Å². The van der Waals surface area contributed by atoms with E-state index in [4.69, 9.17) is 40.2 Å². The number of nitrogens with zero attached hydrogens (tertiary/aromatic N) is 2. The van der Waals surface area contributed by atoms with Gasteiger partial charge in [-0.1, -0.05) is 23.2 Å². The van der Waals surface area contributed by atoms with Gasteiger partial charge >= 0.3 is 5.97 Å². The van der Waals surface area contributed by atoms with Gasteiger partial charge in [-0.05, 0) is 43.4 Å². The number of carbonyl (C=O) groups is 1. The topological polar surface area (TPSA) is 44.8 Å². The molecule has 0 radical (unpaired) electrons. The first-order chi connectivity index (χ1) is 12.9. The zero-order valence-corrected chi connectivity index (χ0v) is 18.1. The van der Waals surface area contributed by atoms with Crippen LogP contribution in [0.3, 0.4) is 0 Å². The standard InChI is InChI=1S/C18H19Cl2N3O2S2/c1-11-9-13(17(24)25-2)16(27-11)21-18(26)23-7-5-22(6-8-23)12-3-4-14(19)15(20)10-12/h3-4,9-10H,5-8H2,1-2H3,(H,21,26). The van der Waals surface area contributed by atoms with Gasteiger partial charge in [0.25, 0.3) is 0 Å². The van der Waals surface area contributed by atoms with Gasteiger partial charge in [-0.3, -0.25) is 0 Å². The van der Waals surface area contributed by atoms with Crippen molar-refractivity contribution in [2.24, 2.45) is 0 Å². The van der Waals surface area contributed by atoms with Crippen LogP contribution in [0.2, 0.25) is 10.0 Å². The summed E-state index contributed by atoms with van der Waals surface area (Å²) in [6, 6.07) is 7.47. The molecule has 0 spiro atoms. The summed E-state index contributed by atoms with van der Waals surface area (Å²) in [5.74, 6) is -0.367. The minimum Gasteiger partial charge on any atom is -0.465 e. The molecule has 2 heterocycles. The van der Waals surface area contributed by atoms with Crippen LogP contribution < -0.4 is 10.2 Å². The lowest BCUT2D eigenvalue weighted by molar-refractivity contribution is 0.0602. The van der Waals surface area contributed by atoms with Crippen molar-refractivity contribution in [1.29, 1.82) is 0 Å². The van der Waals surface area contributed by atoms with Crippen molar-refractivity contribution in [3.05, 3.63) is 44.8 Å². The molecule has 1 aromatic heterocycles. The maximum absolute atomic E-state index is 11.9. The Morgan fingerprint density at radius 3 is 2.52 bits per heavy atom. The van der Waals surface area contributed by atoms with Gasteiger partial charge in [0.05, 0.1) is 22.7 Å². The lowest BCUT2D eigenvalue weighted by Gasteiger charge is -2.37. The molecule has 1 aliphatic heterocycles. The zero-order valence-electron chi connectivity index (χ0n) is 14.9. The highest BCUT2D eigenvalue weighted by atomic mass is 35.5. The maximum atomic E-state index is 11.9. The highest BCUT2D eigenvalue weighted by Gasteiger charge is 2.22. The van der Waals surface area contributed by atoms with Gasteiger partial charge in [-0.25, -0.2) is 4.79 Å². The molecular formula is C18H19Cl2N3O2S2. The van der Waals surface area contributed by atoms with E-state index in [0.717, 1.165) is 41.7 Å². The number of aryl methyl sites for hydroxylation is 1. The fraction of sp³-hybridized carbons (Fsp3) is 0.333. The highest BCUT2D eigenvalue weighted by molar-refractivity contribution is 7.80. The van der Waals surface area contributed by atoms with Gasteiger partial charge in [0.2, 0.25) is 0 Å². The van der Waals surface area contributed by atoms with E-state index in [1.54, 1.807) is 0 Å². The summed E-state index contributed by atoms with van der Waals surface area (Å²) in [6.07, 6.45) is 0. The van der Waals surface area contributed by atoms with Crippen LogP contribution in [-0.2, 0) is 4.74 Å². The van der Waals surface area contributed by atoms with Crippen LogP contribution in [0.25, 0.3) is 0 Å². The Labute approximate surface area is 177 Å². The third-order valence-corrected chi connectivity index (χ3v) is 6.38. The first-order valence-electron chi connectivity index (χ1n) is 8.33. The SMILES string of the molecule is COC(=O)c1cc(C)sc1NC(=S)N1CCN(c2ccc(Cl)c(Cl)c2)CC1. The Balaban J connectivity index is 1.62. The molecule has 9 heteroatoms. The Morgan fingerprint density at radius 2 is 1.89 bits per heavy atom. The Bertz CT molecular complexity index is 864. The lowest BCUT2D eigenvalue weighted by atomic mass is 10.2. The van der Waals surface area contributed by atoms with E-state index in [9.17, 15) is 4.79 Å². The van der Waals surface area contributed by atoms with E-state index in [1.807, 2.05) is 31.2 Å². The van der Waals surface area contributed by atoms with Gasteiger partial charge in [-0.15, -0.1) is 11.3 Å². The summed E-state index contributed by atoms with van der Waals surface area (Å²) < 4.78 is 4.84. The molecule has 1 fully saturated rings. The van der Waals surface area contributed by atoms with Crippen molar-refractivity contribution in [3.8, 4) is 0 Å². The van der Waals surface area contributed by atoms with Crippen molar-refractivity contribution in [1.82, 2.24) is 4.90 Å². The second kappa shape index (κ2) is 8.65. The van der Waals surface area contributed by atoms with Crippen molar-refractivity contribution in [3.63, 3.8) is 0 Å². The van der Waals surface area contributed by atoms with Gasteiger partial charge in [0, 0.05) is 36.7 Å². The second-order valence-electron chi connectivity index (χ2n) is 6.09. The number of hydrogen-bond donors (Lipinski definition) is 1. The number of thiophene rings is 1. The van der Waals surface area contributed by atoms with Crippen LogP contribution in [0.15, 0.2) is 24.3 Å². The number of methoxy groups -OCH3 is 1. The molecule has 2 aromatic rings. The molecule has 27 heavy (non-hydrogen) atoms. The number of hydrogen-bond acceptors (Lipinski definition) is 5. The summed E-state index contributed by atoms with van der Waals surface area (Å²) in [7, 11) is 1.37. The van der Waals surface area contributed by atoms with Crippen LogP contribution in [0.4, 0.5) is 10.7 Å². The van der Waals surface area contributed by atoms with Crippen molar-refractivity contribution < 1.29 is 9.53 Å². The third kappa shape index (κ3) is 4.66. The van der Waals surface area contributed by atoms with Gasteiger partial charge in [0.1, 0.15) is 5.00 Å². The third-order valence-electron chi connectivity index (χ3n) is 4.32. The Kier molecular flexibility index (Phi) is 6.47. The van der Waals surface area contributed by atoms with Crippen LogP contribution in [0.1, 0.15) is 15.2 Å². The van der Waals surface area contributed by atoms with E-state index < -0.39 is 0 Å². The molecule has 1 saturated heterocycles. The molecule has 1 aliphatic rings. The zero-order chi connectivity index (χ0) is 19.6. The minimum absolute atomic E-state index is 0.367. The molecule has 0 saturated carbocycles. The van der Waals surface area contributed by atoms with Crippen LogP contribution in [-0.4, -0.2) is 49.3 Å². The molecule has 144 valence electrons. The average molecular weight is 444 g/mol. The Morgan fingerprint density at radius 1 is 1.19 bits per heavy atom. The summed E-state index contributed by atoms with van der Waals surface area (Å²) in [4.78, 5) is 17.3. The average Bonchev–Trinajstić information content (AvgIpc) is 3.03. The normalized spacial score (nSPS) is 14.2. The maximum Gasteiger partial charge on any atom is 0.340 e. The number of anilines is 2. The fourth-order valence-electron chi connectivity index (χ4n) is 2.89. The fourth-order valence-corrected chi connectivity index (χ4v) is 4.43. The molecule has 1 N–H and O–H groups in total. The van der Waals surface area contributed by atoms with E-state index >= 15 is 0 Å². The van der Waals surface area contributed by atoms with Crippen molar-refractivity contribution in [2.45, 2.75) is 6.92 Å². The highest BCUT2D eigenvalue weighted by Crippen LogP contribution is 2.30. The van der Waals surface area contributed by atoms with Crippen molar-refractivity contribution >= 4 is 68.5 Å². The van der Waals surface area contributed by atoms with E-state index in [-0.39, 0.29) is 5.97 Å².